The number of carbonyl (C=O) groups is 2. The fraction of sp³-hybridized carbons (Fsp3) is 0.871. The molecule has 0 aliphatic heterocycles. The summed E-state index contributed by atoms with van der Waals surface area (Å²) < 4.78 is 0. The molecule has 5 unspecified atom stereocenters. The Morgan fingerprint density at radius 3 is 2.08 bits per heavy atom. The molecule has 0 heterocycles. The topological polar surface area (TPSA) is 94.8 Å². The molecule has 5 heteroatoms. The first-order chi connectivity index (χ1) is 16.6. The number of carboxylic acid groups (broad SMARTS) is 2. The minimum Gasteiger partial charge on any atom is -0.481 e. The van der Waals surface area contributed by atoms with Crippen LogP contribution in [-0.2, 0) is 9.59 Å². The van der Waals surface area contributed by atoms with E-state index in [1.807, 2.05) is 0 Å². The van der Waals surface area contributed by atoms with E-state index in [-0.39, 0.29) is 34.0 Å². The number of rotatable bonds is 3. The molecule has 5 aliphatic carbocycles. The second-order valence-corrected chi connectivity index (χ2v) is 15.1. The summed E-state index contributed by atoms with van der Waals surface area (Å²) in [4.78, 5) is 25.0. The van der Waals surface area contributed by atoms with Crippen molar-refractivity contribution in [1.29, 1.82) is 0 Å². The molecule has 5 fully saturated rings. The lowest BCUT2D eigenvalue weighted by atomic mass is 9.31. The van der Waals surface area contributed by atoms with E-state index < -0.39 is 34.8 Å². The van der Waals surface area contributed by atoms with Crippen LogP contribution in [0.1, 0.15) is 99.3 Å². The van der Waals surface area contributed by atoms with E-state index in [1.165, 1.54) is 0 Å². The lowest BCUT2D eigenvalue weighted by Gasteiger charge is -2.73. The zero-order valence-electron chi connectivity index (χ0n) is 23.3. The Morgan fingerprint density at radius 2 is 1.50 bits per heavy atom. The molecular weight excluding hydrogens is 452 g/mol. The van der Waals surface area contributed by atoms with Gasteiger partial charge in [0.25, 0.3) is 0 Å². The zero-order valence-corrected chi connectivity index (χ0v) is 23.3. The third kappa shape index (κ3) is 2.98. The molecule has 0 aromatic rings. The third-order valence-corrected chi connectivity index (χ3v) is 13.8. The summed E-state index contributed by atoms with van der Waals surface area (Å²) in [7, 11) is 0. The first-order valence-corrected chi connectivity index (χ1v) is 14.4. The predicted octanol–water partition coefficient (Wildman–Crippen LogP) is 6.40. The lowest BCUT2D eigenvalue weighted by molar-refractivity contribution is -0.255. The molecule has 0 aromatic heterocycles. The minimum atomic E-state index is -0.872. The van der Waals surface area contributed by atoms with Crippen molar-refractivity contribution in [2.45, 2.75) is 105 Å². The first kappa shape index (κ1) is 26.3. The maximum Gasteiger partial charge on any atom is 0.309 e. The lowest BCUT2D eigenvalue weighted by Crippen LogP contribution is -2.68. The molecule has 5 aliphatic rings. The molecule has 202 valence electrons. The van der Waals surface area contributed by atoms with Gasteiger partial charge in [0.2, 0.25) is 0 Å². The highest BCUT2D eigenvalue weighted by molar-refractivity contribution is 5.76. The van der Waals surface area contributed by atoms with Crippen molar-refractivity contribution in [1.82, 2.24) is 0 Å². The average molecular weight is 501 g/mol. The van der Waals surface area contributed by atoms with Gasteiger partial charge in [0.15, 0.2) is 0 Å². The number of allylic oxidation sites excluding steroid dienone is 1. The van der Waals surface area contributed by atoms with E-state index >= 15 is 0 Å². The number of aliphatic carboxylic acids is 2. The summed E-state index contributed by atoms with van der Waals surface area (Å²) in [6.45, 7) is 17.9. The summed E-state index contributed by atoms with van der Waals surface area (Å²) in [5, 5.41) is 31.7. The van der Waals surface area contributed by atoms with Crippen LogP contribution in [0.4, 0.5) is 0 Å². The fourth-order valence-corrected chi connectivity index (χ4v) is 12.1. The van der Waals surface area contributed by atoms with E-state index in [9.17, 15) is 24.9 Å². The monoisotopic (exact) mass is 500 g/mol. The maximum atomic E-state index is 12.8. The van der Waals surface area contributed by atoms with Crippen molar-refractivity contribution in [2.24, 2.45) is 62.6 Å². The molecule has 36 heavy (non-hydrogen) atoms. The SMILES string of the molecule is C=C(C)C1CC[C@]2(C(=O)O)CC[C@]3(C)C(CCC4[C@@]5(C)C[C@@H](O)[C@H](C(=O)O)C(C)(C)C5CC[C@]43C)C12. The standard InChI is InChI=1S/C31H48O5/c1-17(2)18-10-13-31(26(35)36)15-14-29(6)19(23(18)31)8-9-22-28(5)16-20(32)24(25(33)34)27(3,4)21(28)11-12-30(22,29)7/h18-24,32H,1,8-16H2,2-7H3,(H,33,34)(H,35,36)/t18?,19?,20-,21?,22?,23?,24-,28+,29-,30-,31+/m1/s1. The van der Waals surface area contributed by atoms with E-state index in [2.05, 4.69) is 48.1 Å². The summed E-state index contributed by atoms with van der Waals surface area (Å²) >= 11 is 0. The van der Waals surface area contributed by atoms with Crippen LogP contribution < -0.4 is 0 Å². The Balaban J connectivity index is 1.57. The molecule has 3 N–H and O–H groups in total. The second kappa shape index (κ2) is 7.83. The number of aliphatic hydroxyl groups excluding tert-OH is 1. The molecule has 11 atom stereocenters. The Hall–Kier alpha value is -1.36. The summed E-state index contributed by atoms with van der Waals surface area (Å²) in [6, 6.07) is 0. The van der Waals surface area contributed by atoms with E-state index in [0.29, 0.717) is 18.3 Å². The van der Waals surface area contributed by atoms with Crippen LogP contribution in [-0.4, -0.2) is 33.4 Å². The second-order valence-electron chi connectivity index (χ2n) is 15.1. The molecule has 5 nitrogen and oxygen atoms in total. The Bertz CT molecular complexity index is 985. The number of carboxylic acids is 2. The molecule has 0 amide bonds. The van der Waals surface area contributed by atoms with Gasteiger partial charge in [0.1, 0.15) is 0 Å². The van der Waals surface area contributed by atoms with Gasteiger partial charge in [-0.1, -0.05) is 46.8 Å². The molecule has 5 rings (SSSR count). The summed E-state index contributed by atoms with van der Waals surface area (Å²) in [6.07, 6.45) is 7.23. The maximum absolute atomic E-state index is 12.8. The van der Waals surface area contributed by atoms with Gasteiger partial charge in [-0.25, -0.2) is 0 Å². The summed E-state index contributed by atoms with van der Waals surface area (Å²) in [5.41, 5.74) is 0.00616. The quantitative estimate of drug-likeness (QED) is 0.390. The van der Waals surface area contributed by atoms with Crippen molar-refractivity contribution < 1.29 is 24.9 Å². The van der Waals surface area contributed by atoms with Crippen LogP contribution >= 0.6 is 0 Å². The van der Waals surface area contributed by atoms with Gasteiger partial charge in [0, 0.05) is 0 Å². The Labute approximate surface area is 217 Å². The molecule has 5 saturated carbocycles. The van der Waals surface area contributed by atoms with Crippen molar-refractivity contribution in [2.75, 3.05) is 0 Å². The first-order valence-electron chi connectivity index (χ1n) is 14.4. The molecular formula is C31H48O5. The number of hydrogen-bond acceptors (Lipinski definition) is 3. The fourth-order valence-electron chi connectivity index (χ4n) is 12.1. The van der Waals surface area contributed by atoms with Crippen molar-refractivity contribution in [3.8, 4) is 0 Å². The van der Waals surface area contributed by atoms with Gasteiger partial charge in [-0.2, -0.15) is 0 Å². The van der Waals surface area contributed by atoms with Gasteiger partial charge in [0.05, 0.1) is 17.4 Å². The third-order valence-electron chi connectivity index (χ3n) is 13.8. The number of fused-ring (bicyclic) bond motifs is 7. The van der Waals surface area contributed by atoms with Gasteiger partial charge in [-0.05, 0) is 116 Å². The van der Waals surface area contributed by atoms with E-state index in [4.69, 9.17) is 0 Å². The van der Waals surface area contributed by atoms with Gasteiger partial charge in [-0.15, -0.1) is 0 Å². The van der Waals surface area contributed by atoms with Crippen LogP contribution in [0.3, 0.4) is 0 Å². The zero-order chi connectivity index (χ0) is 26.6. The number of hydrogen-bond donors (Lipinski definition) is 3. The number of aliphatic hydroxyl groups is 1. The van der Waals surface area contributed by atoms with Crippen molar-refractivity contribution in [3.05, 3.63) is 12.2 Å². The molecule has 0 spiro atoms. The van der Waals surface area contributed by atoms with Crippen molar-refractivity contribution >= 4 is 11.9 Å². The Morgan fingerprint density at radius 1 is 0.833 bits per heavy atom. The molecule has 0 aromatic carbocycles. The Kier molecular flexibility index (Phi) is 5.71. The van der Waals surface area contributed by atoms with Crippen LogP contribution in [0.2, 0.25) is 0 Å². The van der Waals surface area contributed by atoms with Crippen LogP contribution in [0.5, 0.6) is 0 Å². The minimum absolute atomic E-state index is 0.0320. The van der Waals surface area contributed by atoms with Crippen molar-refractivity contribution in [3.63, 3.8) is 0 Å². The van der Waals surface area contributed by atoms with Gasteiger partial charge >= 0.3 is 11.9 Å². The van der Waals surface area contributed by atoms with Crippen LogP contribution in [0.25, 0.3) is 0 Å². The highest BCUT2D eigenvalue weighted by Gasteiger charge is 2.72. The molecule has 0 radical (unpaired) electrons. The van der Waals surface area contributed by atoms with E-state index in [1.54, 1.807) is 0 Å². The summed E-state index contributed by atoms with van der Waals surface area (Å²) in [5.74, 6) is -0.751. The van der Waals surface area contributed by atoms with Gasteiger partial charge in [-0.3, -0.25) is 9.59 Å². The predicted molar refractivity (Wildman–Crippen MR) is 139 cm³/mol. The van der Waals surface area contributed by atoms with Crippen LogP contribution in [0.15, 0.2) is 12.2 Å². The molecule has 0 bridgehead atoms. The molecule has 0 saturated heterocycles. The average Bonchev–Trinajstić information content (AvgIpc) is 3.14. The van der Waals surface area contributed by atoms with Crippen LogP contribution in [0, 0.1) is 62.6 Å². The smallest absolute Gasteiger partial charge is 0.309 e. The highest BCUT2D eigenvalue weighted by Crippen LogP contribution is 2.77. The van der Waals surface area contributed by atoms with E-state index in [0.717, 1.165) is 56.9 Å². The normalized spacial score (nSPS) is 53.4. The highest BCUT2D eigenvalue weighted by atomic mass is 16.4. The van der Waals surface area contributed by atoms with Gasteiger partial charge < -0.3 is 15.3 Å². The largest absolute Gasteiger partial charge is 0.481 e.